The number of carbonyl (C=O) groups is 1. The molecule has 3 nitrogen and oxygen atoms in total. The minimum absolute atomic E-state index is 0.270. The molecule has 0 fully saturated rings. The number of aromatic carboxylic acids is 1. The summed E-state index contributed by atoms with van der Waals surface area (Å²) >= 11 is 0. The Morgan fingerprint density at radius 3 is 2.13 bits per heavy atom. The van der Waals surface area contributed by atoms with Crippen LogP contribution in [0.1, 0.15) is 21.6 Å². The zero-order valence-electron chi connectivity index (χ0n) is 11.0. The summed E-state index contributed by atoms with van der Waals surface area (Å²) in [5.41, 5.74) is -4.08. The topological polar surface area (TPSA) is 50.2 Å². The lowest BCUT2D eigenvalue weighted by Gasteiger charge is -2.11. The first-order valence-corrected chi connectivity index (χ1v) is 5.98. The third-order valence-electron chi connectivity index (χ3n) is 2.85. The van der Waals surface area contributed by atoms with Gasteiger partial charge >= 0.3 is 18.3 Å². The van der Waals surface area contributed by atoms with Crippen molar-refractivity contribution in [3.05, 3.63) is 53.2 Å². The highest BCUT2D eigenvalue weighted by molar-refractivity contribution is 5.89. The van der Waals surface area contributed by atoms with Crippen molar-refractivity contribution < 1.29 is 36.2 Å². The summed E-state index contributed by atoms with van der Waals surface area (Å²) in [7, 11) is 0. The number of nitrogens with zero attached hydrogens (tertiary/aromatic N) is 1. The molecule has 0 aliphatic heterocycles. The van der Waals surface area contributed by atoms with Gasteiger partial charge in [-0.1, -0.05) is 12.1 Å². The number of halogens is 6. The first-order chi connectivity index (χ1) is 10.5. The van der Waals surface area contributed by atoms with Crippen molar-refractivity contribution in [1.82, 2.24) is 4.98 Å². The van der Waals surface area contributed by atoms with Crippen LogP contribution in [0.4, 0.5) is 26.3 Å². The molecule has 2 aromatic rings. The van der Waals surface area contributed by atoms with Crippen LogP contribution in [0, 0.1) is 0 Å². The van der Waals surface area contributed by atoms with E-state index in [0.717, 1.165) is 24.3 Å². The Morgan fingerprint density at radius 2 is 1.61 bits per heavy atom. The maximum Gasteiger partial charge on any atom is 0.433 e. The van der Waals surface area contributed by atoms with Crippen LogP contribution in [-0.2, 0) is 12.4 Å². The Balaban J connectivity index is 2.64. The summed E-state index contributed by atoms with van der Waals surface area (Å²) < 4.78 is 76.3. The van der Waals surface area contributed by atoms with E-state index in [4.69, 9.17) is 5.11 Å². The molecule has 0 bridgehead atoms. The molecule has 0 amide bonds. The van der Waals surface area contributed by atoms with Gasteiger partial charge in [-0.05, 0) is 24.3 Å². The number of hydrogen-bond donors (Lipinski definition) is 1. The zero-order chi connectivity index (χ0) is 17.4. The molecule has 122 valence electrons. The van der Waals surface area contributed by atoms with E-state index in [1.807, 2.05) is 0 Å². The van der Waals surface area contributed by atoms with Crippen LogP contribution in [0.5, 0.6) is 0 Å². The van der Waals surface area contributed by atoms with Crippen LogP contribution in [-0.4, -0.2) is 16.1 Å². The van der Waals surface area contributed by atoms with Gasteiger partial charge in [0.2, 0.25) is 0 Å². The Morgan fingerprint density at radius 1 is 0.957 bits per heavy atom. The minimum atomic E-state index is -4.93. The van der Waals surface area contributed by atoms with Gasteiger partial charge in [-0.25, -0.2) is 9.78 Å². The lowest BCUT2D eigenvalue weighted by Crippen LogP contribution is -2.11. The monoisotopic (exact) mass is 335 g/mol. The summed E-state index contributed by atoms with van der Waals surface area (Å²) in [5.74, 6) is -1.65. The molecule has 0 aliphatic carbocycles. The van der Waals surface area contributed by atoms with Crippen LogP contribution >= 0.6 is 0 Å². The predicted molar refractivity (Wildman–Crippen MR) is 66.6 cm³/mol. The van der Waals surface area contributed by atoms with Gasteiger partial charge in [0.1, 0.15) is 5.69 Å². The van der Waals surface area contributed by atoms with Gasteiger partial charge in [-0.3, -0.25) is 0 Å². The molecule has 0 radical (unpaired) electrons. The molecule has 0 saturated carbocycles. The van der Waals surface area contributed by atoms with Crippen molar-refractivity contribution >= 4 is 5.97 Å². The molecule has 0 unspecified atom stereocenters. The molecule has 0 aliphatic rings. The van der Waals surface area contributed by atoms with Gasteiger partial charge in [0.05, 0.1) is 16.8 Å². The van der Waals surface area contributed by atoms with Gasteiger partial charge in [-0.2, -0.15) is 26.3 Å². The molecule has 0 atom stereocenters. The molecule has 0 spiro atoms. The van der Waals surface area contributed by atoms with Gasteiger partial charge < -0.3 is 5.11 Å². The SMILES string of the molecule is O=C(O)c1cc(-c2cccc(C(F)(F)F)c2)nc(C(F)(F)F)c1. The van der Waals surface area contributed by atoms with Gasteiger partial charge in [0.25, 0.3) is 0 Å². The number of aromatic nitrogens is 1. The summed E-state index contributed by atoms with van der Waals surface area (Å²) in [5, 5.41) is 8.86. The van der Waals surface area contributed by atoms with Crippen molar-refractivity contribution in [2.45, 2.75) is 12.4 Å². The minimum Gasteiger partial charge on any atom is -0.478 e. The molecular formula is C14H7F6NO2. The van der Waals surface area contributed by atoms with E-state index >= 15 is 0 Å². The number of rotatable bonds is 2. The summed E-state index contributed by atoms with van der Waals surface area (Å²) in [4.78, 5) is 14.1. The van der Waals surface area contributed by atoms with E-state index in [1.54, 1.807) is 0 Å². The van der Waals surface area contributed by atoms with Crippen LogP contribution < -0.4 is 0 Å². The molecule has 0 saturated heterocycles. The first-order valence-electron chi connectivity index (χ1n) is 5.98. The molecule has 1 aromatic heterocycles. The number of hydrogen-bond acceptors (Lipinski definition) is 2. The maximum atomic E-state index is 12.8. The Labute approximate surface area is 125 Å². The molecule has 1 N–H and O–H groups in total. The van der Waals surface area contributed by atoms with Crippen molar-refractivity contribution in [1.29, 1.82) is 0 Å². The predicted octanol–water partition coefficient (Wildman–Crippen LogP) is 4.48. The molecular weight excluding hydrogens is 328 g/mol. The highest BCUT2D eigenvalue weighted by Crippen LogP contribution is 2.34. The van der Waals surface area contributed by atoms with E-state index < -0.39 is 40.8 Å². The highest BCUT2D eigenvalue weighted by Gasteiger charge is 2.34. The van der Waals surface area contributed by atoms with Crippen molar-refractivity contribution in [2.24, 2.45) is 0 Å². The number of pyridine rings is 1. The third kappa shape index (κ3) is 3.79. The van der Waals surface area contributed by atoms with E-state index in [2.05, 4.69) is 4.98 Å². The molecule has 9 heteroatoms. The van der Waals surface area contributed by atoms with Gasteiger partial charge in [0.15, 0.2) is 0 Å². The average Bonchev–Trinajstić information content (AvgIpc) is 2.45. The van der Waals surface area contributed by atoms with Crippen LogP contribution in [0.2, 0.25) is 0 Å². The number of benzene rings is 1. The third-order valence-corrected chi connectivity index (χ3v) is 2.85. The fourth-order valence-electron chi connectivity index (χ4n) is 1.80. The normalized spacial score (nSPS) is 12.3. The molecule has 23 heavy (non-hydrogen) atoms. The average molecular weight is 335 g/mol. The zero-order valence-corrected chi connectivity index (χ0v) is 11.0. The molecule has 1 heterocycles. The number of alkyl halides is 6. The summed E-state index contributed by atoms with van der Waals surface area (Å²) in [6.45, 7) is 0. The van der Waals surface area contributed by atoms with Gasteiger partial charge in [-0.15, -0.1) is 0 Å². The number of carboxylic acids is 1. The van der Waals surface area contributed by atoms with E-state index in [-0.39, 0.29) is 5.56 Å². The van der Waals surface area contributed by atoms with Crippen molar-refractivity contribution in [2.75, 3.05) is 0 Å². The van der Waals surface area contributed by atoms with Gasteiger partial charge in [0, 0.05) is 5.56 Å². The summed E-state index contributed by atoms with van der Waals surface area (Å²) in [6, 6.07) is 4.57. The van der Waals surface area contributed by atoms with E-state index in [0.29, 0.717) is 12.1 Å². The fourth-order valence-corrected chi connectivity index (χ4v) is 1.80. The van der Waals surface area contributed by atoms with Crippen LogP contribution in [0.3, 0.4) is 0 Å². The van der Waals surface area contributed by atoms with Crippen LogP contribution in [0.25, 0.3) is 11.3 Å². The van der Waals surface area contributed by atoms with Crippen molar-refractivity contribution in [3.63, 3.8) is 0 Å². The second-order valence-electron chi connectivity index (χ2n) is 4.51. The highest BCUT2D eigenvalue weighted by atomic mass is 19.4. The lowest BCUT2D eigenvalue weighted by molar-refractivity contribution is -0.141. The Bertz CT molecular complexity index is 752. The Hall–Kier alpha value is -2.58. The second kappa shape index (κ2) is 5.56. The van der Waals surface area contributed by atoms with Crippen LogP contribution in [0.15, 0.2) is 36.4 Å². The van der Waals surface area contributed by atoms with E-state index in [9.17, 15) is 31.1 Å². The molecule has 2 rings (SSSR count). The van der Waals surface area contributed by atoms with Crippen molar-refractivity contribution in [3.8, 4) is 11.3 Å². The fraction of sp³-hybridized carbons (Fsp3) is 0.143. The second-order valence-corrected chi connectivity index (χ2v) is 4.51. The first kappa shape index (κ1) is 16.8. The largest absolute Gasteiger partial charge is 0.478 e. The lowest BCUT2D eigenvalue weighted by atomic mass is 10.0. The standard InChI is InChI=1S/C14H7F6NO2/c15-13(16,17)9-3-1-2-7(4-9)10-5-8(12(22)23)6-11(21-10)14(18,19)20/h1-6H,(H,22,23). The maximum absolute atomic E-state index is 12.8. The smallest absolute Gasteiger partial charge is 0.433 e. The quantitative estimate of drug-likeness (QED) is 0.823. The molecule has 1 aromatic carbocycles. The Kier molecular flexibility index (Phi) is 4.06. The summed E-state index contributed by atoms with van der Waals surface area (Å²) in [6.07, 6.45) is -9.62. The number of carboxylic acid groups (broad SMARTS) is 1. The van der Waals surface area contributed by atoms with E-state index in [1.165, 1.54) is 0 Å².